The van der Waals surface area contributed by atoms with Crippen molar-refractivity contribution < 1.29 is 24.3 Å². The molecule has 1 aliphatic carbocycles. The van der Waals surface area contributed by atoms with Crippen LogP contribution in [0.25, 0.3) is 0 Å². The molecule has 1 aromatic heterocycles. The number of anilines is 1. The van der Waals surface area contributed by atoms with Gasteiger partial charge in [0.2, 0.25) is 0 Å². The Kier molecular flexibility index (Phi) is 4.73. The first-order chi connectivity index (χ1) is 12.3. The maximum Gasteiger partial charge on any atom is 0.333 e. The van der Waals surface area contributed by atoms with E-state index in [9.17, 15) is 19.5 Å². The highest BCUT2D eigenvalue weighted by Gasteiger charge is 2.65. The Hall–Kier alpha value is -2.44. The number of fused-ring (bicyclic) bond motifs is 1. The maximum absolute atomic E-state index is 12.6. The number of nitrogen functional groups attached to an aromatic ring is 1. The third-order valence-corrected chi connectivity index (χ3v) is 6.17. The van der Waals surface area contributed by atoms with Gasteiger partial charge in [0.05, 0.1) is 10.8 Å². The molecule has 1 saturated carbocycles. The quantitative estimate of drug-likeness (QED) is 0.358. The normalized spacial score (nSPS) is 27.8. The van der Waals surface area contributed by atoms with Crippen LogP contribution in [0.4, 0.5) is 5.13 Å². The van der Waals surface area contributed by atoms with Crippen LogP contribution in [-0.2, 0) is 19.2 Å². The number of amides is 1. The van der Waals surface area contributed by atoms with Crippen LogP contribution in [0.15, 0.2) is 22.2 Å². The van der Waals surface area contributed by atoms with Gasteiger partial charge in [0, 0.05) is 11.1 Å². The zero-order valence-electron chi connectivity index (χ0n) is 13.5. The van der Waals surface area contributed by atoms with Crippen molar-refractivity contribution in [2.45, 2.75) is 16.8 Å². The number of nitrogens with one attached hydrogen (secondary N) is 1. The van der Waals surface area contributed by atoms with E-state index in [0.29, 0.717) is 5.75 Å². The Morgan fingerprint density at radius 1 is 1.54 bits per heavy atom. The predicted molar refractivity (Wildman–Crippen MR) is 95.9 cm³/mol. The molecule has 2 aliphatic rings. The van der Waals surface area contributed by atoms with Crippen molar-refractivity contribution >= 4 is 51.6 Å². The maximum atomic E-state index is 12.6. The number of nitrogens with two attached hydrogens (primary N) is 2. The number of aliphatic carboxylic acids is 1. The molecule has 12 heteroatoms. The Morgan fingerprint density at radius 2 is 2.27 bits per heavy atom. The van der Waals surface area contributed by atoms with Crippen molar-refractivity contribution in [2.24, 2.45) is 10.9 Å². The van der Waals surface area contributed by atoms with Crippen LogP contribution in [0.5, 0.6) is 0 Å². The summed E-state index contributed by atoms with van der Waals surface area (Å²) in [6.07, 6.45) is 1.43. The number of nitrogens with zero attached hydrogens (tertiary/aromatic N) is 2. The molecule has 2 heterocycles. The molecule has 6 N–H and O–H groups in total. The Balaban J connectivity index is 1.81. The highest BCUT2D eigenvalue weighted by Crippen LogP contribution is 2.44. The van der Waals surface area contributed by atoms with Gasteiger partial charge in [0.1, 0.15) is 24.4 Å². The van der Waals surface area contributed by atoms with Crippen molar-refractivity contribution in [3.8, 4) is 0 Å². The minimum atomic E-state index is -1.61. The minimum absolute atomic E-state index is 0.141. The van der Waals surface area contributed by atoms with Gasteiger partial charge >= 0.3 is 5.97 Å². The van der Waals surface area contributed by atoms with Crippen molar-refractivity contribution in [2.75, 3.05) is 18.6 Å². The Labute approximate surface area is 155 Å². The molecule has 0 aromatic carbocycles. The number of hydrogen-bond acceptors (Lipinski definition) is 10. The summed E-state index contributed by atoms with van der Waals surface area (Å²) in [7, 11) is 1.27. The highest BCUT2D eigenvalue weighted by molar-refractivity contribution is 8.00. The zero-order chi connectivity index (χ0) is 19.1. The van der Waals surface area contributed by atoms with Gasteiger partial charge in [0.25, 0.3) is 5.91 Å². The molecule has 1 fully saturated rings. The zero-order valence-corrected chi connectivity index (χ0v) is 15.1. The van der Waals surface area contributed by atoms with E-state index in [1.807, 2.05) is 0 Å². The average molecular weight is 397 g/mol. The van der Waals surface area contributed by atoms with Gasteiger partial charge in [-0.05, 0) is 0 Å². The number of oxime groups is 1. The number of carbonyl (C=O) groups is 3. The van der Waals surface area contributed by atoms with Crippen LogP contribution in [0.2, 0.25) is 0 Å². The van der Waals surface area contributed by atoms with E-state index < -0.39 is 34.5 Å². The van der Waals surface area contributed by atoms with Crippen LogP contribution in [0, 0.1) is 0 Å². The predicted octanol–water partition coefficient (Wildman–Crippen LogP) is -1.03. The lowest BCUT2D eigenvalue weighted by molar-refractivity contribution is -0.140. The summed E-state index contributed by atoms with van der Waals surface area (Å²) in [6, 6.07) is -0.932. The molecule has 0 bridgehead atoms. The molecule has 3 atom stereocenters. The van der Waals surface area contributed by atoms with Gasteiger partial charge in [-0.3, -0.25) is 9.59 Å². The molecule has 3 rings (SSSR count). The third kappa shape index (κ3) is 2.75. The number of ketones is 1. The second-order valence-electron chi connectivity index (χ2n) is 5.55. The van der Waals surface area contributed by atoms with E-state index in [2.05, 4.69) is 20.3 Å². The first-order valence-electron chi connectivity index (χ1n) is 7.32. The average Bonchev–Trinajstić information content (AvgIpc) is 3.03. The molecule has 0 saturated heterocycles. The second-order valence-corrected chi connectivity index (χ2v) is 7.62. The fourth-order valence-corrected chi connectivity index (χ4v) is 4.83. The molecular weight excluding hydrogens is 382 g/mol. The molecule has 1 unspecified atom stereocenters. The van der Waals surface area contributed by atoms with Gasteiger partial charge in [-0.1, -0.05) is 11.2 Å². The molecule has 10 nitrogen and oxygen atoms in total. The molecule has 1 amide bonds. The fourth-order valence-electron chi connectivity index (χ4n) is 2.93. The van der Waals surface area contributed by atoms with E-state index in [1.165, 1.54) is 30.3 Å². The summed E-state index contributed by atoms with van der Waals surface area (Å²) in [5, 5.41) is 16.7. The van der Waals surface area contributed by atoms with Crippen LogP contribution in [0.3, 0.4) is 0 Å². The summed E-state index contributed by atoms with van der Waals surface area (Å²) in [6.45, 7) is 0. The lowest BCUT2D eigenvalue weighted by atomic mass is 9.66. The number of thiazole rings is 1. The summed E-state index contributed by atoms with van der Waals surface area (Å²) < 4.78 is 0. The van der Waals surface area contributed by atoms with Crippen molar-refractivity contribution in [1.29, 1.82) is 0 Å². The number of hydrogen-bond donors (Lipinski definition) is 4. The molecular formula is C14H15N5O5S2. The summed E-state index contributed by atoms with van der Waals surface area (Å²) in [5.41, 5.74) is 9.93. The third-order valence-electron chi connectivity index (χ3n) is 4.13. The second kappa shape index (κ2) is 6.70. The van der Waals surface area contributed by atoms with Crippen LogP contribution in [-0.4, -0.2) is 63.2 Å². The smallest absolute Gasteiger partial charge is 0.333 e. The minimum Gasteiger partial charge on any atom is -0.478 e. The number of thioether (sulfide) groups is 1. The number of carboxylic acid groups (broad SMARTS) is 1. The van der Waals surface area contributed by atoms with E-state index >= 15 is 0 Å². The van der Waals surface area contributed by atoms with Crippen LogP contribution < -0.4 is 16.8 Å². The SMILES string of the molecule is CO/N=C(\C(=O)N[C@@H]1C(=O)C2(N)C(C(=O)O)=CCS[C@H]12)c1csc(N)n1. The van der Waals surface area contributed by atoms with Gasteiger partial charge in [-0.25, -0.2) is 9.78 Å². The summed E-state index contributed by atoms with van der Waals surface area (Å²) in [4.78, 5) is 45.1. The van der Waals surface area contributed by atoms with Gasteiger partial charge in [0.15, 0.2) is 16.6 Å². The van der Waals surface area contributed by atoms with Crippen molar-refractivity contribution in [3.63, 3.8) is 0 Å². The Bertz CT molecular complexity index is 851. The lowest BCUT2D eigenvalue weighted by Crippen LogP contribution is -2.80. The van der Waals surface area contributed by atoms with E-state index in [4.69, 9.17) is 11.5 Å². The molecule has 138 valence electrons. The molecule has 1 aliphatic heterocycles. The van der Waals surface area contributed by atoms with E-state index in [0.717, 1.165) is 11.3 Å². The summed E-state index contributed by atoms with van der Waals surface area (Å²) in [5.74, 6) is -2.11. The first kappa shape index (κ1) is 18.4. The molecule has 26 heavy (non-hydrogen) atoms. The number of carbonyl (C=O) groups excluding carboxylic acids is 2. The number of rotatable bonds is 5. The summed E-state index contributed by atoms with van der Waals surface area (Å²) >= 11 is 2.43. The van der Waals surface area contributed by atoms with Gasteiger partial charge in [-0.15, -0.1) is 23.1 Å². The van der Waals surface area contributed by atoms with E-state index in [1.54, 1.807) is 0 Å². The number of aromatic nitrogens is 1. The van der Waals surface area contributed by atoms with Crippen molar-refractivity contribution in [1.82, 2.24) is 10.3 Å². The van der Waals surface area contributed by atoms with Crippen LogP contribution in [0.1, 0.15) is 5.69 Å². The van der Waals surface area contributed by atoms with Crippen LogP contribution >= 0.6 is 23.1 Å². The topological polar surface area (TPSA) is 170 Å². The molecule has 0 spiro atoms. The van der Waals surface area contributed by atoms with Gasteiger partial charge in [-0.2, -0.15) is 0 Å². The largest absolute Gasteiger partial charge is 0.478 e. The van der Waals surface area contributed by atoms with Gasteiger partial charge < -0.3 is 26.7 Å². The number of carboxylic acids is 1. The Morgan fingerprint density at radius 3 is 2.85 bits per heavy atom. The van der Waals surface area contributed by atoms with Crippen molar-refractivity contribution in [3.05, 3.63) is 22.7 Å². The number of Topliss-reactive ketones (excluding diaryl/α,β-unsaturated/α-hetero) is 1. The lowest BCUT2D eigenvalue weighted by Gasteiger charge is -2.52. The highest BCUT2D eigenvalue weighted by atomic mass is 32.2. The fraction of sp³-hybridized carbons (Fsp3) is 0.357. The monoisotopic (exact) mass is 397 g/mol. The standard InChI is InChI=1S/C14H15N5O5S2/c1-24-19-7(6-4-26-13(15)17-6)11(21)18-8-9(20)14(16)5(12(22)23)2-3-25-10(8)14/h2,4,8,10H,3,16H2,1H3,(H2,15,17)(H,18,21)(H,22,23)/b19-7-/t8-,10-,14?/m1/s1. The first-order valence-corrected chi connectivity index (χ1v) is 9.25. The van der Waals surface area contributed by atoms with E-state index in [-0.39, 0.29) is 22.1 Å². The molecule has 1 aromatic rings. The molecule has 0 radical (unpaired) electrons.